The van der Waals surface area contributed by atoms with Crippen LogP contribution in [0.1, 0.15) is 5.56 Å². The summed E-state index contributed by atoms with van der Waals surface area (Å²) >= 11 is 4.53. The largest absolute Gasteiger partial charge is 0.374 e. The van der Waals surface area contributed by atoms with E-state index in [0.29, 0.717) is 6.61 Å². The molecule has 1 rings (SSSR count). The molecule has 0 fully saturated rings. The van der Waals surface area contributed by atoms with Crippen LogP contribution in [0.5, 0.6) is 0 Å². The lowest BCUT2D eigenvalue weighted by molar-refractivity contribution is 0.0704. The minimum atomic E-state index is -0.0386. The van der Waals surface area contributed by atoms with Crippen LogP contribution in [0, 0.1) is 0 Å². The Morgan fingerprint density at radius 2 is 2.00 bits per heavy atom. The molecule has 5 N–H and O–H groups in total. The van der Waals surface area contributed by atoms with Crippen LogP contribution < -0.4 is 16.9 Å². The molecule has 0 spiro atoms. The van der Waals surface area contributed by atoms with Crippen molar-refractivity contribution in [3.05, 3.63) is 35.9 Å². The van der Waals surface area contributed by atoms with E-state index in [-0.39, 0.29) is 11.1 Å². The lowest BCUT2D eigenvalue weighted by Crippen LogP contribution is -2.33. The standard InChI is InChI=1S/C9H12N4OS/c10-8(12-9(11)15)13-14-6-7-4-2-1-3-5-7/h1-5H,6H2,(H5,10,11,12,13,15). The Bertz CT molecular complexity index is 352. The van der Waals surface area contributed by atoms with Gasteiger partial charge in [-0.15, -0.1) is 0 Å². The third-order valence-corrected chi connectivity index (χ3v) is 1.58. The first-order chi connectivity index (χ1) is 7.18. The third-order valence-electron chi connectivity index (χ3n) is 1.49. The summed E-state index contributed by atoms with van der Waals surface area (Å²) in [7, 11) is 0. The average Bonchev–Trinajstić information content (AvgIpc) is 2.18. The van der Waals surface area contributed by atoms with Gasteiger partial charge in [0.1, 0.15) is 0 Å². The van der Waals surface area contributed by atoms with Crippen LogP contribution in [-0.2, 0) is 11.4 Å². The molecule has 0 amide bonds. The van der Waals surface area contributed by atoms with Gasteiger partial charge in [-0.2, -0.15) is 4.99 Å². The van der Waals surface area contributed by atoms with Gasteiger partial charge in [0.25, 0.3) is 0 Å². The van der Waals surface area contributed by atoms with Gasteiger partial charge >= 0.3 is 0 Å². The van der Waals surface area contributed by atoms with Crippen LogP contribution in [-0.4, -0.2) is 11.1 Å². The van der Waals surface area contributed by atoms with Gasteiger partial charge < -0.3 is 11.5 Å². The topological polar surface area (TPSA) is 85.7 Å². The Kier molecular flexibility index (Phi) is 4.52. The molecule has 0 aliphatic rings. The van der Waals surface area contributed by atoms with Crippen LogP contribution in [0.15, 0.2) is 35.3 Å². The van der Waals surface area contributed by atoms with E-state index in [9.17, 15) is 0 Å². The second kappa shape index (κ2) is 5.94. The fourth-order valence-electron chi connectivity index (χ4n) is 0.909. The molecule has 0 unspecified atom stereocenters. The summed E-state index contributed by atoms with van der Waals surface area (Å²) in [6.07, 6.45) is 0. The fourth-order valence-corrected chi connectivity index (χ4v) is 1.01. The number of benzene rings is 1. The van der Waals surface area contributed by atoms with Crippen LogP contribution in [0.2, 0.25) is 0 Å². The van der Waals surface area contributed by atoms with Gasteiger partial charge in [-0.05, 0) is 17.8 Å². The summed E-state index contributed by atoms with van der Waals surface area (Å²) in [4.78, 5) is 8.64. The molecule has 0 aromatic heterocycles. The highest BCUT2D eigenvalue weighted by Crippen LogP contribution is 1.98. The van der Waals surface area contributed by atoms with Crippen LogP contribution in [0.3, 0.4) is 0 Å². The molecular formula is C9H12N4OS. The highest BCUT2D eigenvalue weighted by atomic mass is 32.1. The number of hydrogen-bond acceptors (Lipinski definition) is 2. The number of nitrogens with one attached hydrogen (secondary N) is 1. The molecule has 0 aliphatic heterocycles. The summed E-state index contributed by atoms with van der Waals surface area (Å²) in [5.74, 6) is 0.0402. The van der Waals surface area contributed by atoms with Gasteiger partial charge in [-0.3, -0.25) is 4.84 Å². The van der Waals surface area contributed by atoms with Crippen molar-refractivity contribution in [1.82, 2.24) is 5.48 Å². The summed E-state index contributed by atoms with van der Waals surface area (Å²) in [5, 5.41) is -0.0386. The maximum atomic E-state index is 5.39. The Morgan fingerprint density at radius 3 is 2.60 bits per heavy atom. The first-order valence-electron chi connectivity index (χ1n) is 4.24. The Balaban J connectivity index is 2.31. The molecule has 0 heterocycles. The first kappa shape index (κ1) is 11.4. The van der Waals surface area contributed by atoms with Gasteiger partial charge in [0.2, 0.25) is 5.96 Å². The van der Waals surface area contributed by atoms with Crippen LogP contribution >= 0.6 is 12.2 Å². The van der Waals surface area contributed by atoms with Gasteiger partial charge in [0.05, 0.1) is 6.61 Å². The van der Waals surface area contributed by atoms with E-state index >= 15 is 0 Å². The fraction of sp³-hybridized carbons (Fsp3) is 0.111. The predicted octanol–water partition coefficient (Wildman–Crippen LogP) is 0.266. The number of nitrogens with zero attached hydrogens (tertiary/aromatic N) is 1. The van der Waals surface area contributed by atoms with E-state index in [1.165, 1.54) is 0 Å². The lowest BCUT2D eigenvalue weighted by atomic mass is 10.2. The number of hydroxylamine groups is 1. The average molecular weight is 224 g/mol. The maximum Gasteiger partial charge on any atom is 0.220 e. The smallest absolute Gasteiger partial charge is 0.220 e. The Morgan fingerprint density at radius 1 is 1.33 bits per heavy atom. The number of hydrogen-bond donors (Lipinski definition) is 3. The molecule has 1 aromatic rings. The minimum absolute atomic E-state index is 0.0386. The second-order valence-corrected chi connectivity index (χ2v) is 3.13. The van der Waals surface area contributed by atoms with Crippen molar-refractivity contribution >= 4 is 23.3 Å². The zero-order chi connectivity index (χ0) is 11.1. The predicted molar refractivity (Wildman–Crippen MR) is 62.8 cm³/mol. The second-order valence-electron chi connectivity index (χ2n) is 2.71. The quantitative estimate of drug-likeness (QED) is 0.297. The van der Waals surface area contributed by atoms with E-state index in [2.05, 4.69) is 22.7 Å². The third kappa shape index (κ3) is 4.94. The molecule has 80 valence electrons. The van der Waals surface area contributed by atoms with Crippen molar-refractivity contribution in [3.63, 3.8) is 0 Å². The van der Waals surface area contributed by atoms with E-state index in [1.807, 2.05) is 30.3 Å². The number of thiocarbonyl (C=S) groups is 1. The highest BCUT2D eigenvalue weighted by Gasteiger charge is 1.93. The Hall–Kier alpha value is -1.66. The molecule has 0 saturated heterocycles. The Labute approximate surface area is 93.1 Å². The molecule has 0 atom stereocenters. The highest BCUT2D eigenvalue weighted by molar-refractivity contribution is 7.80. The number of aliphatic imine (C=N–C) groups is 1. The first-order valence-corrected chi connectivity index (χ1v) is 4.64. The van der Waals surface area contributed by atoms with Crippen LogP contribution in [0.25, 0.3) is 0 Å². The summed E-state index contributed by atoms with van der Waals surface area (Å²) < 4.78 is 0. The van der Waals surface area contributed by atoms with E-state index in [1.54, 1.807) is 0 Å². The molecule has 0 radical (unpaired) electrons. The normalized spacial score (nSPS) is 11.1. The monoisotopic (exact) mass is 224 g/mol. The van der Waals surface area contributed by atoms with Crippen molar-refractivity contribution in [2.24, 2.45) is 16.5 Å². The molecule has 0 saturated carbocycles. The summed E-state index contributed by atoms with van der Waals surface area (Å²) in [5.41, 5.74) is 14.0. The molecule has 1 aromatic carbocycles. The molecule has 0 bridgehead atoms. The maximum absolute atomic E-state index is 5.39. The van der Waals surface area contributed by atoms with Crippen molar-refractivity contribution in [3.8, 4) is 0 Å². The SMILES string of the molecule is NC(=S)/N=C(\N)NOCc1ccccc1. The van der Waals surface area contributed by atoms with Crippen molar-refractivity contribution in [1.29, 1.82) is 0 Å². The molecule has 0 aliphatic carbocycles. The minimum Gasteiger partial charge on any atom is -0.374 e. The summed E-state index contributed by atoms with van der Waals surface area (Å²) in [6.45, 7) is 0.383. The van der Waals surface area contributed by atoms with Gasteiger partial charge in [0, 0.05) is 0 Å². The van der Waals surface area contributed by atoms with Crippen molar-refractivity contribution in [2.75, 3.05) is 0 Å². The molecule has 5 nitrogen and oxygen atoms in total. The van der Waals surface area contributed by atoms with Crippen molar-refractivity contribution in [2.45, 2.75) is 6.61 Å². The van der Waals surface area contributed by atoms with Crippen molar-refractivity contribution < 1.29 is 4.84 Å². The van der Waals surface area contributed by atoms with Gasteiger partial charge in [-0.1, -0.05) is 30.3 Å². The van der Waals surface area contributed by atoms with Crippen LogP contribution in [0.4, 0.5) is 0 Å². The zero-order valence-corrected chi connectivity index (χ0v) is 8.83. The van der Waals surface area contributed by atoms with E-state index in [4.69, 9.17) is 16.3 Å². The van der Waals surface area contributed by atoms with E-state index in [0.717, 1.165) is 5.56 Å². The number of rotatable bonds is 3. The number of nitrogens with two attached hydrogens (primary N) is 2. The van der Waals surface area contributed by atoms with Gasteiger partial charge in [0.15, 0.2) is 5.11 Å². The van der Waals surface area contributed by atoms with Gasteiger partial charge in [-0.25, -0.2) is 5.48 Å². The number of guanidine groups is 1. The molecule has 15 heavy (non-hydrogen) atoms. The van der Waals surface area contributed by atoms with E-state index < -0.39 is 0 Å². The lowest BCUT2D eigenvalue weighted by Gasteiger charge is -2.05. The zero-order valence-electron chi connectivity index (χ0n) is 8.01. The molecule has 6 heteroatoms. The molecular weight excluding hydrogens is 212 g/mol. The summed E-state index contributed by atoms with van der Waals surface area (Å²) in [6, 6.07) is 9.64.